The fraction of sp³-hybridized carbons (Fsp3) is 0.217. The fourth-order valence-electron chi connectivity index (χ4n) is 3.64. The van der Waals surface area contributed by atoms with Crippen molar-refractivity contribution in [2.75, 3.05) is 13.2 Å². The molecule has 7 nitrogen and oxygen atoms in total. The molecule has 0 bridgehead atoms. The van der Waals surface area contributed by atoms with E-state index in [1.165, 1.54) is 0 Å². The Morgan fingerprint density at radius 2 is 2.03 bits per heavy atom. The third-order valence-corrected chi connectivity index (χ3v) is 5.16. The second-order valence-corrected chi connectivity index (χ2v) is 7.18. The molecule has 3 heterocycles. The van der Waals surface area contributed by atoms with Crippen LogP contribution in [0.4, 0.5) is 0 Å². The Balaban J connectivity index is 1.34. The van der Waals surface area contributed by atoms with Crippen molar-refractivity contribution in [3.8, 4) is 11.6 Å². The molecule has 7 heteroatoms. The molecule has 2 aromatic carbocycles. The zero-order chi connectivity index (χ0) is 20.3. The van der Waals surface area contributed by atoms with Gasteiger partial charge >= 0.3 is 0 Å². The van der Waals surface area contributed by atoms with Gasteiger partial charge in [-0.25, -0.2) is 4.98 Å². The summed E-state index contributed by atoms with van der Waals surface area (Å²) in [5.74, 6) is 1.47. The summed E-state index contributed by atoms with van der Waals surface area (Å²) in [4.78, 5) is 8.75. The van der Waals surface area contributed by atoms with Crippen molar-refractivity contribution in [2.45, 2.75) is 18.9 Å². The number of fused-ring (bicyclic) bond motifs is 3. The monoisotopic (exact) mass is 403 g/mol. The number of hydrogen-bond acceptors (Lipinski definition) is 6. The molecule has 30 heavy (non-hydrogen) atoms. The molecule has 1 saturated heterocycles. The van der Waals surface area contributed by atoms with E-state index < -0.39 is 0 Å². The SMILES string of the molecule is ONC(=NCC1CCCO1)c1ccc(Oc2ccc3oc4ccccc4c3c2)nc1. The second kappa shape index (κ2) is 8.14. The van der Waals surface area contributed by atoms with Crippen molar-refractivity contribution in [3.63, 3.8) is 0 Å². The van der Waals surface area contributed by atoms with E-state index in [0.717, 1.165) is 41.4 Å². The van der Waals surface area contributed by atoms with Gasteiger partial charge in [0.15, 0.2) is 5.84 Å². The number of para-hydroxylation sites is 1. The topological polar surface area (TPSA) is 89.1 Å². The van der Waals surface area contributed by atoms with Gasteiger partial charge < -0.3 is 13.9 Å². The van der Waals surface area contributed by atoms with Crippen LogP contribution in [0.25, 0.3) is 21.9 Å². The molecule has 0 radical (unpaired) electrons. The smallest absolute Gasteiger partial charge is 0.219 e. The minimum absolute atomic E-state index is 0.109. The van der Waals surface area contributed by atoms with Gasteiger partial charge in [-0.05, 0) is 43.2 Å². The van der Waals surface area contributed by atoms with Crippen LogP contribution in [0.15, 0.2) is 70.2 Å². The number of nitrogens with zero attached hydrogens (tertiary/aromatic N) is 2. The van der Waals surface area contributed by atoms with Crippen molar-refractivity contribution in [1.82, 2.24) is 10.5 Å². The van der Waals surface area contributed by atoms with Crippen LogP contribution in [-0.4, -0.2) is 35.3 Å². The number of amidine groups is 1. The van der Waals surface area contributed by atoms with Gasteiger partial charge in [0.2, 0.25) is 5.88 Å². The number of aromatic nitrogens is 1. The van der Waals surface area contributed by atoms with Gasteiger partial charge in [-0.1, -0.05) is 18.2 Å². The highest BCUT2D eigenvalue weighted by molar-refractivity contribution is 6.05. The molecular formula is C23H21N3O4. The lowest BCUT2D eigenvalue weighted by Crippen LogP contribution is -2.23. The first-order chi connectivity index (χ1) is 14.8. The summed E-state index contributed by atoms with van der Waals surface area (Å²) in [6, 6.07) is 17.1. The third-order valence-electron chi connectivity index (χ3n) is 5.16. The number of pyridine rings is 1. The molecule has 2 N–H and O–H groups in total. The number of aliphatic imine (C=N–C) groups is 1. The van der Waals surface area contributed by atoms with E-state index in [1.807, 2.05) is 42.5 Å². The Hall–Kier alpha value is -3.42. The average Bonchev–Trinajstić information content (AvgIpc) is 3.43. The molecule has 0 spiro atoms. The predicted molar refractivity (Wildman–Crippen MR) is 113 cm³/mol. The van der Waals surface area contributed by atoms with Gasteiger partial charge in [0, 0.05) is 35.2 Å². The quantitative estimate of drug-likeness (QED) is 0.286. The third kappa shape index (κ3) is 3.72. The molecule has 1 fully saturated rings. The minimum Gasteiger partial charge on any atom is -0.456 e. The van der Waals surface area contributed by atoms with Crippen LogP contribution in [0.1, 0.15) is 18.4 Å². The Morgan fingerprint density at radius 1 is 1.13 bits per heavy atom. The summed E-state index contributed by atoms with van der Waals surface area (Å²) in [7, 11) is 0. The fourth-order valence-corrected chi connectivity index (χ4v) is 3.64. The Labute approximate surface area is 172 Å². The molecule has 4 aromatic rings. The van der Waals surface area contributed by atoms with Crippen LogP contribution in [0.5, 0.6) is 11.6 Å². The van der Waals surface area contributed by atoms with Crippen LogP contribution in [0.3, 0.4) is 0 Å². The number of benzene rings is 2. The number of hydroxylamine groups is 1. The zero-order valence-electron chi connectivity index (χ0n) is 16.2. The van der Waals surface area contributed by atoms with Gasteiger partial charge in [0.25, 0.3) is 0 Å². The maximum Gasteiger partial charge on any atom is 0.219 e. The molecular weight excluding hydrogens is 382 g/mol. The lowest BCUT2D eigenvalue weighted by Gasteiger charge is -2.09. The van der Waals surface area contributed by atoms with Gasteiger partial charge in [-0.2, -0.15) is 0 Å². The molecule has 1 atom stereocenters. The van der Waals surface area contributed by atoms with Gasteiger partial charge in [0.05, 0.1) is 12.6 Å². The summed E-state index contributed by atoms with van der Waals surface area (Å²) < 4.78 is 17.3. The van der Waals surface area contributed by atoms with Crippen molar-refractivity contribution < 1.29 is 19.1 Å². The number of nitrogens with one attached hydrogen (secondary N) is 1. The molecule has 0 amide bonds. The zero-order valence-corrected chi connectivity index (χ0v) is 16.2. The van der Waals surface area contributed by atoms with Crippen LogP contribution >= 0.6 is 0 Å². The molecule has 2 aromatic heterocycles. The Morgan fingerprint density at radius 3 is 2.83 bits per heavy atom. The standard InChI is InChI=1S/C23H21N3O4/c27-26-23(25-14-17-4-3-11-28-17)15-7-10-22(24-13-15)29-16-8-9-21-19(12-16)18-5-1-2-6-20(18)30-21/h1-2,5-10,12-13,17,27H,3-4,11,14H2,(H,25,26). The average molecular weight is 403 g/mol. The van der Waals surface area contributed by atoms with E-state index in [9.17, 15) is 5.21 Å². The van der Waals surface area contributed by atoms with Crippen molar-refractivity contribution in [2.24, 2.45) is 4.99 Å². The first-order valence-corrected chi connectivity index (χ1v) is 9.92. The van der Waals surface area contributed by atoms with Crippen LogP contribution in [0, 0.1) is 0 Å². The maximum absolute atomic E-state index is 9.44. The minimum atomic E-state index is 0.109. The number of ether oxygens (including phenoxy) is 2. The summed E-state index contributed by atoms with van der Waals surface area (Å²) in [5.41, 5.74) is 4.47. The summed E-state index contributed by atoms with van der Waals surface area (Å²) >= 11 is 0. The molecule has 1 aliphatic rings. The van der Waals surface area contributed by atoms with Gasteiger partial charge in [-0.15, -0.1) is 0 Å². The van der Waals surface area contributed by atoms with E-state index in [2.05, 4.69) is 15.5 Å². The largest absolute Gasteiger partial charge is 0.456 e. The van der Waals surface area contributed by atoms with E-state index in [1.54, 1.807) is 18.3 Å². The van der Waals surface area contributed by atoms with Crippen molar-refractivity contribution in [1.29, 1.82) is 0 Å². The van der Waals surface area contributed by atoms with E-state index in [4.69, 9.17) is 13.9 Å². The predicted octanol–water partition coefficient (Wildman–Crippen LogP) is 4.68. The molecule has 152 valence electrons. The van der Waals surface area contributed by atoms with E-state index >= 15 is 0 Å². The molecule has 1 aliphatic heterocycles. The molecule has 5 rings (SSSR count). The summed E-state index contributed by atoms with van der Waals surface area (Å²) in [5, 5.41) is 11.5. The second-order valence-electron chi connectivity index (χ2n) is 7.18. The molecule has 0 aliphatic carbocycles. The highest BCUT2D eigenvalue weighted by atomic mass is 16.5. The first-order valence-electron chi connectivity index (χ1n) is 9.92. The van der Waals surface area contributed by atoms with E-state index in [-0.39, 0.29) is 6.10 Å². The van der Waals surface area contributed by atoms with Gasteiger partial charge in [0.1, 0.15) is 16.9 Å². The van der Waals surface area contributed by atoms with Crippen LogP contribution in [-0.2, 0) is 4.74 Å². The van der Waals surface area contributed by atoms with Crippen LogP contribution in [0.2, 0.25) is 0 Å². The lowest BCUT2D eigenvalue weighted by molar-refractivity contribution is 0.117. The number of rotatable bonds is 5. The Kier molecular flexibility index (Phi) is 5.04. The maximum atomic E-state index is 9.44. The summed E-state index contributed by atoms with van der Waals surface area (Å²) in [6.45, 7) is 1.27. The highest BCUT2D eigenvalue weighted by Gasteiger charge is 2.15. The summed E-state index contributed by atoms with van der Waals surface area (Å²) in [6.07, 6.45) is 3.76. The van der Waals surface area contributed by atoms with E-state index in [0.29, 0.717) is 29.6 Å². The first kappa shape index (κ1) is 18.6. The van der Waals surface area contributed by atoms with Crippen molar-refractivity contribution in [3.05, 3.63) is 66.4 Å². The molecule has 0 saturated carbocycles. The Bertz CT molecular complexity index is 1190. The van der Waals surface area contributed by atoms with Gasteiger partial charge in [-0.3, -0.25) is 15.7 Å². The van der Waals surface area contributed by atoms with Crippen LogP contribution < -0.4 is 10.2 Å². The number of furan rings is 1. The normalized spacial score (nSPS) is 17.0. The lowest BCUT2D eigenvalue weighted by atomic mass is 10.1. The molecule has 1 unspecified atom stereocenters. The van der Waals surface area contributed by atoms with Crippen molar-refractivity contribution >= 4 is 27.8 Å². The highest BCUT2D eigenvalue weighted by Crippen LogP contribution is 2.32. The number of hydrogen-bond donors (Lipinski definition) is 2.